The van der Waals surface area contributed by atoms with Gasteiger partial charge in [0.05, 0.1) is 11.2 Å². The highest BCUT2D eigenvalue weighted by molar-refractivity contribution is 6.84. The van der Waals surface area contributed by atoms with Crippen LogP contribution in [0.3, 0.4) is 0 Å². The molecule has 0 aromatic heterocycles. The van der Waals surface area contributed by atoms with E-state index in [9.17, 15) is 0 Å². The summed E-state index contributed by atoms with van der Waals surface area (Å²) in [5.74, 6) is 0. The summed E-state index contributed by atoms with van der Waals surface area (Å²) in [6, 6.07) is 10.7. The molecular weight excluding hydrogens is 351 g/mol. The first-order valence-electron chi connectivity index (χ1n) is 10.6. The first kappa shape index (κ1) is 21.1. The minimum Gasteiger partial charge on any atom is -0.412 e. The van der Waals surface area contributed by atoms with E-state index >= 15 is 0 Å². The van der Waals surface area contributed by atoms with Crippen molar-refractivity contribution in [1.82, 2.24) is 0 Å². The van der Waals surface area contributed by atoms with Gasteiger partial charge in [-0.15, -0.1) is 0 Å². The summed E-state index contributed by atoms with van der Waals surface area (Å²) in [6.07, 6.45) is 7.29. The lowest BCUT2D eigenvalue weighted by Crippen LogP contribution is -2.48. The number of rotatable bonds is 6. The van der Waals surface area contributed by atoms with Crippen molar-refractivity contribution in [2.45, 2.75) is 90.4 Å². The highest BCUT2D eigenvalue weighted by Gasteiger charge is 2.53. The van der Waals surface area contributed by atoms with Gasteiger partial charge in [0.1, 0.15) is 0 Å². The summed E-state index contributed by atoms with van der Waals surface area (Å²) in [6.45, 7) is 14.0. The van der Waals surface area contributed by atoms with E-state index in [0.29, 0.717) is 0 Å². The summed E-state index contributed by atoms with van der Waals surface area (Å²) in [5.41, 5.74) is -0.336. The molecule has 27 heavy (non-hydrogen) atoms. The second kappa shape index (κ2) is 7.66. The van der Waals surface area contributed by atoms with Crippen LogP contribution in [0.15, 0.2) is 30.3 Å². The summed E-state index contributed by atoms with van der Waals surface area (Å²) >= 11 is 0. The van der Waals surface area contributed by atoms with E-state index in [0.717, 1.165) is 12.9 Å². The molecule has 0 N–H and O–H groups in total. The molecule has 1 aliphatic heterocycles. The molecule has 0 unspecified atom stereocenters. The number of benzene rings is 1. The van der Waals surface area contributed by atoms with Gasteiger partial charge in [-0.1, -0.05) is 49.6 Å². The van der Waals surface area contributed by atoms with Gasteiger partial charge >= 0.3 is 7.12 Å². The van der Waals surface area contributed by atoms with Crippen LogP contribution >= 0.6 is 0 Å². The Morgan fingerprint density at radius 1 is 0.926 bits per heavy atom. The van der Waals surface area contributed by atoms with Gasteiger partial charge in [0.25, 0.3) is 0 Å². The first-order chi connectivity index (χ1) is 12.6. The monoisotopic (exact) mass is 388 g/mol. The molecule has 0 bridgehead atoms. The maximum absolute atomic E-state index is 6.70. The Morgan fingerprint density at radius 2 is 1.48 bits per heavy atom. The summed E-state index contributed by atoms with van der Waals surface area (Å²) in [7, 11) is -2.03. The van der Waals surface area contributed by atoms with Gasteiger partial charge in [0.15, 0.2) is 0 Å². The Kier molecular flexibility index (Phi) is 5.99. The molecule has 2 aliphatic rings. The van der Waals surface area contributed by atoms with Crippen LogP contribution in [0.4, 0.5) is 0 Å². The van der Waals surface area contributed by atoms with Gasteiger partial charge in [0, 0.05) is 6.61 Å². The molecule has 1 aromatic carbocycles. The second-order valence-corrected chi connectivity index (χ2v) is 14.0. The van der Waals surface area contributed by atoms with E-state index in [-0.39, 0.29) is 23.7 Å². The maximum atomic E-state index is 6.70. The lowest BCUT2D eigenvalue weighted by Gasteiger charge is -2.40. The Morgan fingerprint density at radius 3 is 2.04 bits per heavy atom. The fourth-order valence-electron chi connectivity index (χ4n) is 4.37. The van der Waals surface area contributed by atoms with Crippen LogP contribution in [-0.4, -0.2) is 33.2 Å². The number of hydrogen-bond donors (Lipinski definition) is 0. The zero-order valence-corrected chi connectivity index (χ0v) is 19.1. The van der Waals surface area contributed by atoms with E-state index in [2.05, 4.69) is 71.1 Å². The van der Waals surface area contributed by atoms with Crippen molar-refractivity contribution in [1.29, 1.82) is 0 Å². The molecule has 3 rings (SSSR count). The third kappa shape index (κ3) is 4.69. The molecule has 5 heteroatoms. The van der Waals surface area contributed by atoms with E-state index in [1.807, 2.05) is 0 Å². The van der Waals surface area contributed by atoms with Crippen LogP contribution < -0.4 is 5.19 Å². The van der Waals surface area contributed by atoms with Crippen molar-refractivity contribution in [3.63, 3.8) is 0 Å². The normalized spacial score (nSPS) is 24.1. The maximum Gasteiger partial charge on any atom is 0.458 e. The predicted octanol–water partition coefficient (Wildman–Crippen LogP) is 5.16. The topological polar surface area (TPSA) is 27.7 Å². The molecule has 1 saturated heterocycles. The molecule has 0 atom stereocenters. The molecule has 0 amide bonds. The minimum atomic E-state index is -1.90. The van der Waals surface area contributed by atoms with E-state index in [4.69, 9.17) is 13.7 Å². The van der Waals surface area contributed by atoms with Crippen LogP contribution in [-0.2, 0) is 13.7 Å². The highest BCUT2D eigenvalue weighted by Crippen LogP contribution is 2.46. The number of hydrogen-bond acceptors (Lipinski definition) is 3. The standard InChI is InChI=1S/C22H37BO3Si/c1-20(2)21(3,4)26-23(25-20)17-22(15-11-8-12-16-22)18-24-27(5,6)19-13-9-7-10-14-19/h7,9-10,13-14H,8,11-12,15-18H2,1-6H3. The Bertz CT molecular complexity index is 608. The Balaban J connectivity index is 1.70. The van der Waals surface area contributed by atoms with Crippen molar-refractivity contribution in [2.24, 2.45) is 5.41 Å². The molecule has 1 aliphatic carbocycles. The van der Waals surface area contributed by atoms with Crippen molar-refractivity contribution < 1.29 is 13.7 Å². The first-order valence-corrected chi connectivity index (χ1v) is 13.5. The Hall–Kier alpha value is -0.618. The van der Waals surface area contributed by atoms with Crippen molar-refractivity contribution in [2.75, 3.05) is 6.61 Å². The van der Waals surface area contributed by atoms with E-state index < -0.39 is 8.32 Å². The van der Waals surface area contributed by atoms with E-state index in [1.165, 1.54) is 37.3 Å². The highest BCUT2D eigenvalue weighted by atomic mass is 28.4. The minimum absolute atomic E-state index is 0.127. The molecule has 0 spiro atoms. The average Bonchev–Trinajstić information content (AvgIpc) is 2.81. The molecule has 1 saturated carbocycles. The van der Waals surface area contributed by atoms with Crippen LogP contribution in [0, 0.1) is 5.41 Å². The van der Waals surface area contributed by atoms with Crippen LogP contribution in [0.5, 0.6) is 0 Å². The molecule has 150 valence electrons. The van der Waals surface area contributed by atoms with Crippen molar-refractivity contribution >= 4 is 20.6 Å². The quantitative estimate of drug-likeness (QED) is 0.630. The van der Waals surface area contributed by atoms with Crippen LogP contribution in [0.25, 0.3) is 0 Å². The van der Waals surface area contributed by atoms with Crippen molar-refractivity contribution in [3.8, 4) is 0 Å². The van der Waals surface area contributed by atoms with Crippen LogP contribution in [0.2, 0.25) is 19.4 Å². The van der Waals surface area contributed by atoms with Crippen LogP contribution in [0.1, 0.15) is 59.8 Å². The average molecular weight is 388 g/mol. The Labute approximate surface area is 167 Å². The van der Waals surface area contributed by atoms with Gasteiger partial charge in [0.2, 0.25) is 8.32 Å². The SMILES string of the molecule is CC1(C)OB(CC2(CO[Si](C)(C)c3ccccc3)CCCCC2)OC1(C)C. The van der Waals surface area contributed by atoms with Gasteiger partial charge in [-0.2, -0.15) is 0 Å². The molecule has 1 aromatic rings. The smallest absolute Gasteiger partial charge is 0.412 e. The predicted molar refractivity (Wildman–Crippen MR) is 116 cm³/mol. The largest absolute Gasteiger partial charge is 0.458 e. The summed E-state index contributed by atoms with van der Waals surface area (Å²) < 4.78 is 19.4. The zero-order chi connectivity index (χ0) is 19.8. The van der Waals surface area contributed by atoms with Gasteiger partial charge in [-0.3, -0.25) is 0 Å². The fraction of sp³-hybridized carbons (Fsp3) is 0.727. The molecule has 2 fully saturated rings. The fourth-order valence-corrected chi connectivity index (χ4v) is 6.20. The molecule has 3 nitrogen and oxygen atoms in total. The lowest BCUT2D eigenvalue weighted by molar-refractivity contribution is 0.00578. The molecule has 1 heterocycles. The van der Waals surface area contributed by atoms with Gasteiger partial charge < -0.3 is 13.7 Å². The van der Waals surface area contributed by atoms with Gasteiger partial charge in [-0.25, -0.2) is 0 Å². The molecule has 0 radical (unpaired) electrons. The van der Waals surface area contributed by atoms with E-state index in [1.54, 1.807) is 0 Å². The zero-order valence-electron chi connectivity index (χ0n) is 18.1. The third-order valence-corrected chi connectivity index (χ3v) is 9.61. The third-order valence-electron chi connectivity index (χ3n) is 7.02. The van der Waals surface area contributed by atoms with Crippen molar-refractivity contribution in [3.05, 3.63) is 30.3 Å². The molecular formula is C22H37BO3Si. The van der Waals surface area contributed by atoms with Gasteiger partial charge in [-0.05, 0) is 70.6 Å². The second-order valence-electron chi connectivity index (χ2n) is 10.1. The summed E-state index contributed by atoms with van der Waals surface area (Å²) in [4.78, 5) is 0. The summed E-state index contributed by atoms with van der Waals surface area (Å²) in [5, 5.41) is 1.37. The lowest BCUT2D eigenvalue weighted by atomic mass is 9.62.